The topological polar surface area (TPSA) is 32.3 Å². The molecule has 0 N–H and O–H groups in total. The van der Waals surface area contributed by atoms with Crippen LogP contribution in [0.4, 0.5) is 5.82 Å². The summed E-state index contributed by atoms with van der Waals surface area (Å²) in [5, 5.41) is 1.43. The van der Waals surface area contributed by atoms with E-state index in [9.17, 15) is 0 Å². The highest BCUT2D eigenvalue weighted by molar-refractivity contribution is 7.19. The Morgan fingerprint density at radius 2 is 1.73 bits per heavy atom. The second-order valence-electron chi connectivity index (χ2n) is 8.70. The number of aryl methyl sites for hydroxylation is 2. The highest BCUT2D eigenvalue weighted by Gasteiger charge is 2.34. The second kappa shape index (κ2) is 6.16. The molecule has 1 saturated carbocycles. The largest absolute Gasteiger partial charge is 0.354 e. The Balaban J connectivity index is 1.41. The van der Waals surface area contributed by atoms with E-state index in [1.807, 2.05) is 11.3 Å². The van der Waals surface area contributed by atoms with E-state index in [2.05, 4.69) is 9.80 Å². The molecule has 0 spiro atoms. The monoisotopic (exact) mass is 368 g/mol. The Bertz CT molecular complexity index is 834. The van der Waals surface area contributed by atoms with Crippen LogP contribution in [0.1, 0.15) is 67.1 Å². The molecular formula is C21H28N4S. The molecule has 2 aliphatic carbocycles. The first-order valence-corrected chi connectivity index (χ1v) is 11.5. The van der Waals surface area contributed by atoms with E-state index in [-0.39, 0.29) is 0 Å². The summed E-state index contributed by atoms with van der Waals surface area (Å²) in [6, 6.07) is 0.737. The molecule has 1 atom stereocenters. The van der Waals surface area contributed by atoms with E-state index in [4.69, 9.17) is 9.97 Å². The average Bonchev–Trinajstić information content (AvgIpc) is 3.09. The van der Waals surface area contributed by atoms with Crippen LogP contribution in [0.2, 0.25) is 0 Å². The van der Waals surface area contributed by atoms with E-state index < -0.39 is 0 Å². The van der Waals surface area contributed by atoms with Crippen molar-refractivity contribution in [2.45, 2.75) is 69.7 Å². The van der Waals surface area contributed by atoms with E-state index in [1.165, 1.54) is 100 Å². The number of nitrogens with zero attached hydrogens (tertiary/aromatic N) is 4. The van der Waals surface area contributed by atoms with Crippen LogP contribution in [0.3, 0.4) is 0 Å². The maximum Gasteiger partial charge on any atom is 0.141 e. The minimum atomic E-state index is 0.634. The normalized spacial score (nSPS) is 26.8. The van der Waals surface area contributed by atoms with Gasteiger partial charge in [0.05, 0.1) is 5.39 Å². The van der Waals surface area contributed by atoms with Crippen LogP contribution >= 0.6 is 11.3 Å². The molecular weight excluding hydrogens is 340 g/mol. The quantitative estimate of drug-likeness (QED) is 0.816. The van der Waals surface area contributed by atoms with Crippen LogP contribution in [-0.2, 0) is 12.8 Å². The summed E-state index contributed by atoms with van der Waals surface area (Å²) in [5.74, 6) is 3.06. The van der Waals surface area contributed by atoms with Crippen molar-refractivity contribution in [2.24, 2.45) is 0 Å². The van der Waals surface area contributed by atoms with Crippen molar-refractivity contribution in [1.82, 2.24) is 14.9 Å². The third-order valence-corrected chi connectivity index (χ3v) is 8.06. The number of likely N-dealkylation sites (tertiary alicyclic amines) is 1. The summed E-state index contributed by atoms with van der Waals surface area (Å²) < 4.78 is 0. The van der Waals surface area contributed by atoms with E-state index in [0.29, 0.717) is 5.92 Å². The van der Waals surface area contributed by atoms with Gasteiger partial charge in [0.15, 0.2) is 0 Å². The summed E-state index contributed by atoms with van der Waals surface area (Å²) >= 11 is 1.97. The Morgan fingerprint density at radius 1 is 0.885 bits per heavy atom. The van der Waals surface area contributed by atoms with Crippen molar-refractivity contribution in [3.8, 4) is 0 Å². The summed E-state index contributed by atoms with van der Waals surface area (Å²) in [4.78, 5) is 18.5. The van der Waals surface area contributed by atoms with Crippen molar-refractivity contribution in [3.63, 3.8) is 0 Å². The molecule has 3 fully saturated rings. The number of fused-ring (bicyclic) bond motifs is 3. The first-order chi connectivity index (χ1) is 12.9. The smallest absolute Gasteiger partial charge is 0.141 e. The van der Waals surface area contributed by atoms with E-state index >= 15 is 0 Å². The minimum Gasteiger partial charge on any atom is -0.354 e. The zero-order chi connectivity index (χ0) is 17.1. The summed E-state index contributed by atoms with van der Waals surface area (Å²) in [5.41, 5.74) is 1.60. The molecule has 0 unspecified atom stereocenters. The van der Waals surface area contributed by atoms with Crippen LogP contribution in [0.5, 0.6) is 0 Å². The molecule has 138 valence electrons. The molecule has 0 radical (unpaired) electrons. The van der Waals surface area contributed by atoms with Crippen molar-refractivity contribution in [1.29, 1.82) is 0 Å². The lowest BCUT2D eigenvalue weighted by molar-refractivity contribution is 0.260. The van der Waals surface area contributed by atoms with Crippen molar-refractivity contribution in [3.05, 3.63) is 16.3 Å². The molecule has 2 aromatic heterocycles. The molecule has 0 aromatic carbocycles. The summed E-state index contributed by atoms with van der Waals surface area (Å²) in [7, 11) is 0. The molecule has 2 aromatic rings. The van der Waals surface area contributed by atoms with Gasteiger partial charge in [-0.25, -0.2) is 9.97 Å². The molecule has 26 heavy (non-hydrogen) atoms. The predicted octanol–water partition coefficient (Wildman–Crippen LogP) is 4.12. The SMILES string of the molecule is C1CCc2c(sc3nc(C4CC4)nc(N4CC[C@@H](N5CCCC5)C4)c23)C1. The predicted molar refractivity (Wildman–Crippen MR) is 107 cm³/mol. The van der Waals surface area contributed by atoms with Crippen LogP contribution < -0.4 is 4.90 Å². The maximum absolute atomic E-state index is 5.19. The van der Waals surface area contributed by atoms with Gasteiger partial charge in [-0.1, -0.05) is 0 Å². The third-order valence-electron chi connectivity index (χ3n) is 6.88. The Hall–Kier alpha value is -1.20. The second-order valence-corrected chi connectivity index (χ2v) is 9.79. The van der Waals surface area contributed by atoms with Crippen LogP contribution in [0.25, 0.3) is 10.2 Å². The number of rotatable bonds is 3. The van der Waals surface area contributed by atoms with Gasteiger partial charge in [-0.2, -0.15) is 0 Å². The first-order valence-electron chi connectivity index (χ1n) is 10.7. The fourth-order valence-electron chi connectivity index (χ4n) is 5.25. The van der Waals surface area contributed by atoms with Gasteiger partial charge >= 0.3 is 0 Å². The molecule has 0 bridgehead atoms. The number of hydrogen-bond acceptors (Lipinski definition) is 5. The van der Waals surface area contributed by atoms with Gasteiger partial charge in [0.25, 0.3) is 0 Å². The minimum absolute atomic E-state index is 0.634. The molecule has 4 nitrogen and oxygen atoms in total. The van der Waals surface area contributed by atoms with Gasteiger partial charge in [-0.3, -0.25) is 4.90 Å². The van der Waals surface area contributed by atoms with Gasteiger partial charge in [0.1, 0.15) is 16.5 Å². The zero-order valence-electron chi connectivity index (χ0n) is 15.5. The lowest BCUT2D eigenvalue weighted by Gasteiger charge is -2.25. The van der Waals surface area contributed by atoms with Crippen LogP contribution in [-0.4, -0.2) is 47.1 Å². The van der Waals surface area contributed by atoms with Gasteiger partial charge in [0.2, 0.25) is 0 Å². The summed E-state index contributed by atoms with van der Waals surface area (Å²) in [6.45, 7) is 4.95. The van der Waals surface area contributed by atoms with Gasteiger partial charge < -0.3 is 4.90 Å². The Morgan fingerprint density at radius 3 is 2.58 bits per heavy atom. The van der Waals surface area contributed by atoms with E-state index in [0.717, 1.165) is 11.9 Å². The number of hydrogen-bond donors (Lipinski definition) is 0. The molecule has 5 heteroatoms. The lowest BCUT2D eigenvalue weighted by atomic mass is 9.97. The maximum atomic E-state index is 5.19. The van der Waals surface area contributed by atoms with Crippen molar-refractivity contribution >= 4 is 27.4 Å². The Kier molecular flexibility index (Phi) is 3.75. The lowest BCUT2D eigenvalue weighted by Crippen LogP contribution is -2.35. The highest BCUT2D eigenvalue weighted by atomic mass is 32.1. The number of aromatic nitrogens is 2. The molecule has 4 aliphatic rings. The van der Waals surface area contributed by atoms with Crippen LogP contribution in [0.15, 0.2) is 0 Å². The highest BCUT2D eigenvalue weighted by Crippen LogP contribution is 2.44. The van der Waals surface area contributed by atoms with Gasteiger partial charge in [-0.15, -0.1) is 11.3 Å². The zero-order valence-corrected chi connectivity index (χ0v) is 16.4. The molecule has 4 heterocycles. The fourth-order valence-corrected chi connectivity index (χ4v) is 6.51. The third kappa shape index (κ3) is 2.58. The van der Waals surface area contributed by atoms with Crippen molar-refractivity contribution in [2.75, 3.05) is 31.1 Å². The first kappa shape index (κ1) is 15.8. The number of anilines is 1. The molecule has 0 amide bonds. The Labute approximate surface area is 159 Å². The van der Waals surface area contributed by atoms with E-state index in [1.54, 1.807) is 10.4 Å². The van der Waals surface area contributed by atoms with Crippen LogP contribution in [0, 0.1) is 0 Å². The van der Waals surface area contributed by atoms with Crippen molar-refractivity contribution < 1.29 is 0 Å². The standard InChI is InChI=1S/C21H28N4S/c1-2-6-17-16(5-1)18-20(22-19(14-7-8-14)23-21(18)26-17)25-12-9-15(13-25)24-10-3-4-11-24/h14-15H,1-13H2/t15-/m1/s1. The molecule has 6 rings (SSSR count). The summed E-state index contributed by atoms with van der Waals surface area (Å²) in [6.07, 6.45) is 11.8. The molecule has 2 aliphatic heterocycles. The van der Waals surface area contributed by atoms with Gasteiger partial charge in [-0.05, 0) is 76.4 Å². The molecule has 2 saturated heterocycles. The average molecular weight is 369 g/mol. The fraction of sp³-hybridized carbons (Fsp3) is 0.714. The van der Waals surface area contributed by atoms with Gasteiger partial charge in [0, 0.05) is 29.9 Å². The number of thiophene rings is 1.